The molecule has 0 aromatic rings. The molecule has 2 fully saturated rings. The largest absolute Gasteiger partial charge is 0.481 e. The minimum absolute atomic E-state index is 0.172. The van der Waals surface area contributed by atoms with E-state index in [-0.39, 0.29) is 18.2 Å². The lowest BCUT2D eigenvalue weighted by Crippen LogP contribution is -2.53. The molecular weight excluding hydrogens is 196 g/mol. The Morgan fingerprint density at radius 1 is 1.20 bits per heavy atom. The van der Waals surface area contributed by atoms with E-state index in [2.05, 4.69) is 5.32 Å². The van der Waals surface area contributed by atoms with Crippen molar-refractivity contribution in [2.45, 2.75) is 12.8 Å². The molecule has 0 spiro atoms. The Morgan fingerprint density at radius 2 is 1.87 bits per heavy atom. The first-order valence-corrected chi connectivity index (χ1v) is 5.35. The van der Waals surface area contributed by atoms with Gasteiger partial charge in [-0.2, -0.15) is 0 Å². The van der Waals surface area contributed by atoms with Crippen LogP contribution in [0.5, 0.6) is 0 Å². The first-order chi connectivity index (χ1) is 7.15. The molecule has 0 aliphatic carbocycles. The summed E-state index contributed by atoms with van der Waals surface area (Å²) < 4.78 is 0. The van der Waals surface area contributed by atoms with Crippen LogP contribution >= 0.6 is 0 Å². The lowest BCUT2D eigenvalue weighted by atomic mass is 9.93. The predicted molar refractivity (Wildman–Crippen MR) is 53.3 cm³/mol. The zero-order valence-electron chi connectivity index (χ0n) is 8.61. The van der Waals surface area contributed by atoms with Crippen LogP contribution in [0.15, 0.2) is 0 Å². The second-order valence-electron chi connectivity index (χ2n) is 4.49. The van der Waals surface area contributed by atoms with E-state index in [1.165, 1.54) is 0 Å². The molecule has 2 heterocycles. The van der Waals surface area contributed by atoms with E-state index in [0.29, 0.717) is 25.4 Å². The number of carbonyl (C=O) groups excluding carboxylic acids is 1. The molecular formula is C10H16N2O3. The highest BCUT2D eigenvalue weighted by Gasteiger charge is 2.33. The van der Waals surface area contributed by atoms with Crippen molar-refractivity contribution in [1.82, 2.24) is 10.2 Å². The van der Waals surface area contributed by atoms with Crippen LogP contribution in [0.1, 0.15) is 12.8 Å². The van der Waals surface area contributed by atoms with Crippen LogP contribution in [0.25, 0.3) is 0 Å². The van der Waals surface area contributed by atoms with E-state index in [0.717, 1.165) is 13.1 Å². The predicted octanol–water partition coefficient (Wildman–Crippen LogP) is -0.471. The van der Waals surface area contributed by atoms with Gasteiger partial charge < -0.3 is 15.3 Å². The summed E-state index contributed by atoms with van der Waals surface area (Å²) in [4.78, 5) is 23.8. The summed E-state index contributed by atoms with van der Waals surface area (Å²) in [7, 11) is 0. The fraction of sp³-hybridized carbons (Fsp3) is 0.800. The molecule has 2 N–H and O–H groups in total. The number of nitrogens with one attached hydrogen (secondary N) is 1. The second-order valence-corrected chi connectivity index (χ2v) is 4.49. The SMILES string of the molecule is O=C(O)CC1CN(C(=O)CC2CNC2)C1. The number of nitrogens with zero attached hydrogens (tertiary/aromatic N) is 1. The Labute approximate surface area is 88.4 Å². The van der Waals surface area contributed by atoms with Gasteiger partial charge in [0.2, 0.25) is 5.91 Å². The average molecular weight is 212 g/mol. The third-order valence-corrected chi connectivity index (χ3v) is 3.10. The number of hydrogen-bond donors (Lipinski definition) is 2. The quantitative estimate of drug-likeness (QED) is 0.661. The highest BCUT2D eigenvalue weighted by atomic mass is 16.4. The van der Waals surface area contributed by atoms with Crippen LogP contribution < -0.4 is 5.32 Å². The zero-order chi connectivity index (χ0) is 10.8. The van der Waals surface area contributed by atoms with Gasteiger partial charge in [-0.1, -0.05) is 0 Å². The third kappa shape index (κ3) is 2.47. The lowest BCUT2D eigenvalue weighted by molar-refractivity contribution is -0.145. The normalized spacial score (nSPS) is 22.0. The molecule has 0 aromatic carbocycles. The maximum Gasteiger partial charge on any atom is 0.303 e. The van der Waals surface area contributed by atoms with E-state index in [1.807, 2.05) is 0 Å². The number of rotatable bonds is 4. The highest BCUT2D eigenvalue weighted by Crippen LogP contribution is 2.21. The molecule has 5 nitrogen and oxygen atoms in total. The summed E-state index contributed by atoms with van der Waals surface area (Å²) in [6.07, 6.45) is 0.807. The van der Waals surface area contributed by atoms with E-state index >= 15 is 0 Å². The summed E-state index contributed by atoms with van der Waals surface area (Å²) in [5.74, 6) is 0.0837. The van der Waals surface area contributed by atoms with Gasteiger partial charge in [-0.25, -0.2) is 0 Å². The van der Waals surface area contributed by atoms with E-state index in [1.54, 1.807) is 4.90 Å². The number of aliphatic carboxylic acids is 1. The van der Waals surface area contributed by atoms with Crippen molar-refractivity contribution in [2.24, 2.45) is 11.8 Å². The summed E-state index contributed by atoms with van der Waals surface area (Å²) in [5, 5.41) is 11.7. The third-order valence-electron chi connectivity index (χ3n) is 3.10. The Balaban J connectivity index is 1.65. The number of carbonyl (C=O) groups is 2. The van der Waals surface area contributed by atoms with Crippen molar-refractivity contribution >= 4 is 11.9 Å². The van der Waals surface area contributed by atoms with Crippen molar-refractivity contribution in [3.05, 3.63) is 0 Å². The van der Waals surface area contributed by atoms with Crippen LogP contribution in [0, 0.1) is 11.8 Å². The van der Waals surface area contributed by atoms with Crippen LogP contribution in [0.2, 0.25) is 0 Å². The maximum absolute atomic E-state index is 11.6. The molecule has 0 saturated carbocycles. The molecule has 0 bridgehead atoms. The fourth-order valence-electron chi connectivity index (χ4n) is 2.02. The van der Waals surface area contributed by atoms with Gasteiger partial charge in [0.05, 0.1) is 6.42 Å². The molecule has 2 aliphatic heterocycles. The number of likely N-dealkylation sites (tertiary alicyclic amines) is 1. The van der Waals surface area contributed by atoms with Crippen molar-refractivity contribution in [1.29, 1.82) is 0 Å². The topological polar surface area (TPSA) is 69.6 Å². The Bertz CT molecular complexity index is 270. The molecule has 84 valence electrons. The first-order valence-electron chi connectivity index (χ1n) is 5.35. The van der Waals surface area contributed by atoms with Gasteiger partial charge in [0.1, 0.15) is 0 Å². The summed E-state index contributed by atoms with van der Waals surface area (Å²) in [6, 6.07) is 0. The minimum atomic E-state index is -0.768. The number of hydrogen-bond acceptors (Lipinski definition) is 3. The molecule has 0 aromatic heterocycles. The van der Waals surface area contributed by atoms with Crippen LogP contribution in [-0.2, 0) is 9.59 Å². The summed E-state index contributed by atoms with van der Waals surface area (Å²) in [6.45, 7) is 3.15. The molecule has 5 heteroatoms. The molecule has 1 amide bonds. The molecule has 0 unspecified atom stereocenters. The first kappa shape index (κ1) is 10.4. The van der Waals surface area contributed by atoms with Crippen molar-refractivity contribution < 1.29 is 14.7 Å². The fourth-order valence-corrected chi connectivity index (χ4v) is 2.02. The van der Waals surface area contributed by atoms with Crippen LogP contribution in [0.4, 0.5) is 0 Å². The molecule has 2 saturated heterocycles. The Morgan fingerprint density at radius 3 is 2.33 bits per heavy atom. The summed E-state index contributed by atoms with van der Waals surface area (Å²) >= 11 is 0. The van der Waals surface area contributed by atoms with Gasteiger partial charge in [0, 0.05) is 25.4 Å². The molecule has 0 atom stereocenters. The smallest absolute Gasteiger partial charge is 0.303 e. The van der Waals surface area contributed by atoms with Gasteiger partial charge >= 0.3 is 5.97 Å². The van der Waals surface area contributed by atoms with E-state index in [4.69, 9.17) is 5.11 Å². The maximum atomic E-state index is 11.6. The Kier molecular flexibility index (Phi) is 2.90. The van der Waals surface area contributed by atoms with Gasteiger partial charge in [-0.3, -0.25) is 9.59 Å². The number of carboxylic acid groups (broad SMARTS) is 1. The van der Waals surface area contributed by atoms with Crippen molar-refractivity contribution in [2.75, 3.05) is 26.2 Å². The second kappa shape index (κ2) is 4.18. The molecule has 15 heavy (non-hydrogen) atoms. The highest BCUT2D eigenvalue weighted by molar-refractivity contribution is 5.78. The van der Waals surface area contributed by atoms with Crippen LogP contribution in [-0.4, -0.2) is 48.1 Å². The molecule has 0 radical (unpaired) electrons. The van der Waals surface area contributed by atoms with Crippen molar-refractivity contribution in [3.63, 3.8) is 0 Å². The summed E-state index contributed by atoms with van der Waals surface area (Å²) in [5.41, 5.74) is 0. The monoisotopic (exact) mass is 212 g/mol. The Hall–Kier alpha value is -1.10. The van der Waals surface area contributed by atoms with E-state index in [9.17, 15) is 9.59 Å². The van der Waals surface area contributed by atoms with Gasteiger partial charge in [0.25, 0.3) is 0 Å². The number of amides is 1. The molecule has 2 aliphatic rings. The van der Waals surface area contributed by atoms with Crippen LogP contribution in [0.3, 0.4) is 0 Å². The zero-order valence-corrected chi connectivity index (χ0v) is 8.61. The molecule has 2 rings (SSSR count). The number of carboxylic acids is 1. The average Bonchev–Trinajstić information content (AvgIpc) is 2.02. The van der Waals surface area contributed by atoms with Gasteiger partial charge in [-0.15, -0.1) is 0 Å². The van der Waals surface area contributed by atoms with Gasteiger partial charge in [-0.05, 0) is 19.0 Å². The van der Waals surface area contributed by atoms with E-state index < -0.39 is 5.97 Å². The van der Waals surface area contributed by atoms with Crippen molar-refractivity contribution in [3.8, 4) is 0 Å². The van der Waals surface area contributed by atoms with Gasteiger partial charge in [0.15, 0.2) is 0 Å². The minimum Gasteiger partial charge on any atom is -0.481 e. The lowest BCUT2D eigenvalue weighted by Gasteiger charge is -2.40. The standard InChI is InChI=1S/C10H16N2O3/c13-9(1-7-3-11-4-7)12-5-8(6-12)2-10(14)15/h7-8,11H,1-6H2,(H,14,15).